The largest absolute Gasteiger partial charge is 0.370 e. The summed E-state index contributed by atoms with van der Waals surface area (Å²) >= 11 is 3.26. The molecule has 1 aliphatic heterocycles. The van der Waals surface area contributed by atoms with E-state index in [2.05, 4.69) is 20.8 Å². The Hall–Kier alpha value is -1.95. The maximum atomic E-state index is 13.2. The maximum absolute atomic E-state index is 13.2. The van der Waals surface area contributed by atoms with Crippen LogP contribution < -0.4 is 4.90 Å². The fraction of sp³-hybridized carbons (Fsp3) is 0.278. The van der Waals surface area contributed by atoms with E-state index in [4.69, 9.17) is 0 Å². The lowest BCUT2D eigenvalue weighted by Crippen LogP contribution is -2.35. The minimum absolute atomic E-state index is 0.108. The van der Waals surface area contributed by atoms with Crippen molar-refractivity contribution in [1.82, 2.24) is 4.90 Å². The molecule has 1 aliphatic rings. The molecule has 0 N–H and O–H groups in total. The molecule has 6 heteroatoms. The molecule has 0 radical (unpaired) electrons. The molecule has 24 heavy (non-hydrogen) atoms. The second kappa shape index (κ2) is 7.30. The molecule has 0 aromatic heterocycles. The van der Waals surface area contributed by atoms with Crippen LogP contribution in [0.5, 0.6) is 0 Å². The van der Waals surface area contributed by atoms with Gasteiger partial charge in [-0.1, -0.05) is 0 Å². The van der Waals surface area contributed by atoms with Gasteiger partial charge in [0.1, 0.15) is 11.6 Å². The molecule has 0 bridgehead atoms. The first-order valence-electron chi connectivity index (χ1n) is 7.79. The summed E-state index contributed by atoms with van der Waals surface area (Å²) in [4.78, 5) is 16.6. The molecule has 1 amide bonds. The van der Waals surface area contributed by atoms with Crippen LogP contribution in [0.4, 0.5) is 14.5 Å². The van der Waals surface area contributed by atoms with Gasteiger partial charge in [0.15, 0.2) is 0 Å². The highest BCUT2D eigenvalue weighted by molar-refractivity contribution is 9.10. The van der Waals surface area contributed by atoms with Crippen molar-refractivity contribution in [2.75, 3.05) is 31.1 Å². The minimum atomic E-state index is -0.378. The summed E-state index contributed by atoms with van der Waals surface area (Å²) in [6.07, 6.45) is 0.821. The normalized spacial score (nSPS) is 15.3. The third-order valence-electron chi connectivity index (χ3n) is 4.14. The lowest BCUT2D eigenvalue weighted by atomic mass is 10.2. The van der Waals surface area contributed by atoms with Crippen LogP contribution in [0.2, 0.25) is 0 Å². The molecular formula is C18H17BrF2N2O. The Kier molecular flexibility index (Phi) is 5.14. The zero-order valence-corrected chi connectivity index (χ0v) is 14.6. The van der Waals surface area contributed by atoms with E-state index in [9.17, 15) is 13.6 Å². The van der Waals surface area contributed by atoms with Gasteiger partial charge in [0.25, 0.3) is 5.91 Å². The van der Waals surface area contributed by atoms with Gasteiger partial charge in [0, 0.05) is 36.3 Å². The number of hydrogen-bond acceptors (Lipinski definition) is 2. The molecule has 0 unspecified atom stereocenters. The van der Waals surface area contributed by atoms with E-state index in [0.29, 0.717) is 29.7 Å². The summed E-state index contributed by atoms with van der Waals surface area (Å²) in [7, 11) is 0. The third-order valence-corrected chi connectivity index (χ3v) is 4.79. The second-order valence-electron chi connectivity index (χ2n) is 5.73. The van der Waals surface area contributed by atoms with Gasteiger partial charge in [-0.2, -0.15) is 0 Å². The van der Waals surface area contributed by atoms with E-state index in [1.165, 1.54) is 30.3 Å². The standard InChI is InChI=1S/C18H17BrF2N2O/c19-17-12-14(21)4-7-16(17)18(24)23-9-1-8-22(10-11-23)15-5-2-13(20)3-6-15/h2-7,12H,1,8-11H2. The smallest absolute Gasteiger partial charge is 0.255 e. The van der Waals surface area contributed by atoms with E-state index in [-0.39, 0.29) is 17.5 Å². The van der Waals surface area contributed by atoms with Crippen LogP contribution in [0.25, 0.3) is 0 Å². The van der Waals surface area contributed by atoms with E-state index in [1.807, 2.05) is 0 Å². The lowest BCUT2D eigenvalue weighted by molar-refractivity contribution is 0.0766. The van der Waals surface area contributed by atoms with Crippen LogP contribution >= 0.6 is 15.9 Å². The molecule has 0 saturated carbocycles. The number of rotatable bonds is 2. The Bertz CT molecular complexity index is 736. The number of anilines is 1. The van der Waals surface area contributed by atoms with Crippen LogP contribution in [0.15, 0.2) is 46.9 Å². The topological polar surface area (TPSA) is 23.6 Å². The average Bonchev–Trinajstić information content (AvgIpc) is 2.81. The highest BCUT2D eigenvalue weighted by Gasteiger charge is 2.22. The van der Waals surface area contributed by atoms with Crippen molar-refractivity contribution in [3.8, 4) is 0 Å². The van der Waals surface area contributed by atoms with E-state index < -0.39 is 0 Å². The van der Waals surface area contributed by atoms with Crippen molar-refractivity contribution in [2.45, 2.75) is 6.42 Å². The fourth-order valence-electron chi connectivity index (χ4n) is 2.86. The molecule has 3 rings (SSSR count). The molecule has 0 atom stereocenters. The Morgan fingerprint density at radius 1 is 0.917 bits per heavy atom. The molecule has 1 saturated heterocycles. The van der Waals surface area contributed by atoms with Crippen molar-refractivity contribution >= 4 is 27.5 Å². The lowest BCUT2D eigenvalue weighted by Gasteiger charge is -2.24. The molecule has 0 aliphatic carbocycles. The van der Waals surface area contributed by atoms with E-state index in [0.717, 1.165) is 18.7 Å². The molecule has 2 aromatic carbocycles. The van der Waals surface area contributed by atoms with Crippen molar-refractivity contribution in [1.29, 1.82) is 0 Å². The summed E-state index contributed by atoms with van der Waals surface area (Å²) in [6, 6.07) is 10.5. The van der Waals surface area contributed by atoms with E-state index >= 15 is 0 Å². The zero-order chi connectivity index (χ0) is 17.1. The Morgan fingerprint density at radius 2 is 1.62 bits per heavy atom. The van der Waals surface area contributed by atoms with Gasteiger partial charge in [0.05, 0.1) is 5.56 Å². The number of hydrogen-bond donors (Lipinski definition) is 0. The number of nitrogens with zero attached hydrogens (tertiary/aromatic N) is 2. The SMILES string of the molecule is O=C(c1ccc(F)cc1Br)N1CCCN(c2ccc(F)cc2)CC1. The fourth-order valence-corrected chi connectivity index (χ4v) is 3.38. The van der Waals surface area contributed by atoms with Crippen LogP contribution in [0, 0.1) is 11.6 Å². The van der Waals surface area contributed by atoms with Gasteiger partial charge in [-0.05, 0) is 64.8 Å². The van der Waals surface area contributed by atoms with Gasteiger partial charge < -0.3 is 9.80 Å². The van der Waals surface area contributed by atoms with Crippen molar-refractivity contribution in [3.05, 3.63) is 64.1 Å². The average molecular weight is 395 g/mol. The second-order valence-corrected chi connectivity index (χ2v) is 6.59. The zero-order valence-electron chi connectivity index (χ0n) is 13.0. The molecule has 1 fully saturated rings. The third kappa shape index (κ3) is 3.75. The van der Waals surface area contributed by atoms with Gasteiger partial charge in [-0.15, -0.1) is 0 Å². The van der Waals surface area contributed by atoms with Crippen molar-refractivity contribution in [2.24, 2.45) is 0 Å². The highest BCUT2D eigenvalue weighted by atomic mass is 79.9. The van der Waals surface area contributed by atoms with Crippen molar-refractivity contribution < 1.29 is 13.6 Å². The minimum Gasteiger partial charge on any atom is -0.370 e. The summed E-state index contributed by atoms with van der Waals surface area (Å²) in [6.45, 7) is 2.69. The van der Waals surface area contributed by atoms with Crippen molar-refractivity contribution in [3.63, 3.8) is 0 Å². The quantitative estimate of drug-likeness (QED) is 0.765. The predicted octanol–water partition coefficient (Wildman–Crippen LogP) is 4.08. The Balaban J connectivity index is 1.71. The molecule has 1 heterocycles. The molecule has 126 valence electrons. The molecule has 3 nitrogen and oxygen atoms in total. The van der Waals surface area contributed by atoms with E-state index in [1.54, 1.807) is 17.0 Å². The van der Waals surface area contributed by atoms with Crippen LogP contribution in [-0.2, 0) is 0 Å². The molecule has 2 aromatic rings. The van der Waals surface area contributed by atoms with Gasteiger partial charge in [-0.3, -0.25) is 4.79 Å². The summed E-state index contributed by atoms with van der Waals surface area (Å²) in [5.74, 6) is -0.744. The molecular weight excluding hydrogens is 378 g/mol. The van der Waals surface area contributed by atoms with Gasteiger partial charge in [-0.25, -0.2) is 8.78 Å². The first-order chi connectivity index (χ1) is 11.5. The number of carbonyl (C=O) groups excluding carboxylic acids is 1. The predicted molar refractivity (Wildman–Crippen MR) is 93.2 cm³/mol. The number of amides is 1. The Labute approximate surface area is 148 Å². The first-order valence-corrected chi connectivity index (χ1v) is 8.59. The monoisotopic (exact) mass is 394 g/mol. The van der Waals surface area contributed by atoms with Gasteiger partial charge >= 0.3 is 0 Å². The first kappa shape index (κ1) is 16.9. The summed E-state index contributed by atoms with van der Waals surface area (Å²) in [5, 5.41) is 0. The van der Waals surface area contributed by atoms with Crippen LogP contribution in [0.1, 0.15) is 16.8 Å². The Morgan fingerprint density at radius 3 is 2.33 bits per heavy atom. The number of benzene rings is 2. The number of carbonyl (C=O) groups is 1. The summed E-state index contributed by atoms with van der Waals surface area (Å²) in [5.41, 5.74) is 1.42. The van der Waals surface area contributed by atoms with Gasteiger partial charge in [0.2, 0.25) is 0 Å². The van der Waals surface area contributed by atoms with Crippen LogP contribution in [0.3, 0.4) is 0 Å². The maximum Gasteiger partial charge on any atom is 0.255 e. The number of halogens is 3. The highest BCUT2D eigenvalue weighted by Crippen LogP contribution is 2.22. The van der Waals surface area contributed by atoms with Crippen LogP contribution in [-0.4, -0.2) is 37.0 Å². The molecule has 0 spiro atoms. The summed E-state index contributed by atoms with van der Waals surface area (Å²) < 4.78 is 26.7.